The summed E-state index contributed by atoms with van der Waals surface area (Å²) >= 11 is 0. The van der Waals surface area contributed by atoms with Crippen molar-refractivity contribution in [3.8, 4) is 11.5 Å². The maximum absolute atomic E-state index is 12.6. The number of ether oxygens (including phenoxy) is 2. The number of anilines is 1. The first-order valence-corrected chi connectivity index (χ1v) is 11.5. The molecule has 0 aromatic heterocycles. The third kappa shape index (κ3) is 5.48. The summed E-state index contributed by atoms with van der Waals surface area (Å²) in [6, 6.07) is 20.4. The molecule has 1 heterocycles. The van der Waals surface area contributed by atoms with E-state index in [0.29, 0.717) is 55.1 Å². The van der Waals surface area contributed by atoms with Gasteiger partial charge >= 0.3 is 11.7 Å². The van der Waals surface area contributed by atoms with Crippen molar-refractivity contribution in [2.75, 3.05) is 24.6 Å². The highest BCUT2D eigenvalue weighted by atomic mass is 16.6. The quantitative estimate of drug-likeness (QED) is 0.187. The minimum absolute atomic E-state index is 0.113. The van der Waals surface area contributed by atoms with Crippen molar-refractivity contribution in [2.45, 2.75) is 19.8 Å². The van der Waals surface area contributed by atoms with Crippen LogP contribution in [0.4, 0.5) is 11.4 Å². The van der Waals surface area contributed by atoms with Crippen LogP contribution in [0.15, 0.2) is 72.8 Å². The molecule has 1 aliphatic heterocycles. The number of carbonyl (C=O) groups is 2. The number of carbonyl (C=O) groups excluding carboxylic acids is 2. The number of piperidine rings is 1. The first-order valence-electron chi connectivity index (χ1n) is 11.5. The van der Waals surface area contributed by atoms with E-state index < -0.39 is 4.92 Å². The van der Waals surface area contributed by atoms with Gasteiger partial charge in [0.25, 0.3) is 0 Å². The number of nitrogens with zero attached hydrogens (tertiary/aromatic N) is 2. The molecule has 0 amide bonds. The van der Waals surface area contributed by atoms with Gasteiger partial charge in [0, 0.05) is 24.2 Å². The number of hydrogen-bond acceptors (Lipinski definition) is 7. The van der Waals surface area contributed by atoms with E-state index in [0.717, 1.165) is 0 Å². The lowest BCUT2D eigenvalue weighted by molar-refractivity contribution is -0.384. The fraction of sp³-hybridized carbons (Fsp3) is 0.259. The second-order valence-electron chi connectivity index (χ2n) is 8.22. The Morgan fingerprint density at radius 1 is 0.943 bits per heavy atom. The molecule has 0 atom stereocenters. The fourth-order valence-corrected chi connectivity index (χ4v) is 4.21. The molecule has 3 aromatic carbocycles. The van der Waals surface area contributed by atoms with Crippen LogP contribution in [0.5, 0.6) is 11.5 Å². The maximum atomic E-state index is 12.6. The van der Waals surface area contributed by atoms with Crippen molar-refractivity contribution >= 4 is 23.1 Å². The number of nitro groups is 1. The van der Waals surface area contributed by atoms with E-state index in [9.17, 15) is 19.7 Å². The zero-order valence-electron chi connectivity index (χ0n) is 19.4. The van der Waals surface area contributed by atoms with E-state index in [1.165, 1.54) is 0 Å². The highest BCUT2D eigenvalue weighted by Gasteiger charge is 2.31. The predicted octanol–water partition coefficient (Wildman–Crippen LogP) is 5.40. The maximum Gasteiger partial charge on any atom is 0.334 e. The number of rotatable bonds is 8. The van der Waals surface area contributed by atoms with Crippen LogP contribution in [-0.4, -0.2) is 36.4 Å². The van der Waals surface area contributed by atoms with Crippen LogP contribution in [0.25, 0.3) is 0 Å². The lowest BCUT2D eigenvalue weighted by Gasteiger charge is -2.32. The lowest BCUT2D eigenvalue weighted by atomic mass is 9.96. The van der Waals surface area contributed by atoms with Crippen molar-refractivity contribution in [3.63, 3.8) is 0 Å². The average Bonchev–Trinajstić information content (AvgIpc) is 2.89. The zero-order chi connectivity index (χ0) is 24.8. The van der Waals surface area contributed by atoms with Crippen LogP contribution in [0.3, 0.4) is 0 Å². The van der Waals surface area contributed by atoms with Crippen LogP contribution in [0.1, 0.15) is 35.7 Å². The molecular formula is C27H26N2O6. The number of nitro benzene ring substituents is 1. The standard InChI is InChI=1S/C27H26N2O6/c1-2-34-27(31)21-15-17-28(18-16-21)23-9-6-10-24(25(23)29(32)33)35-22-13-11-20(12-14-22)26(30)19-7-4-3-5-8-19/h3-14,21H,2,15-18H2,1H3. The molecule has 0 N–H and O–H groups in total. The molecule has 4 rings (SSSR count). The third-order valence-electron chi connectivity index (χ3n) is 6.00. The molecule has 0 saturated carbocycles. The molecule has 0 unspecified atom stereocenters. The van der Waals surface area contributed by atoms with Gasteiger partial charge in [-0.3, -0.25) is 19.7 Å². The summed E-state index contributed by atoms with van der Waals surface area (Å²) < 4.78 is 11.0. The lowest BCUT2D eigenvalue weighted by Crippen LogP contribution is -2.37. The molecule has 0 aliphatic carbocycles. The summed E-state index contributed by atoms with van der Waals surface area (Å²) in [5, 5.41) is 12.0. The molecule has 180 valence electrons. The van der Waals surface area contributed by atoms with Crippen molar-refractivity contribution in [3.05, 3.63) is 94.0 Å². The minimum atomic E-state index is -0.449. The van der Waals surface area contributed by atoms with Crippen LogP contribution >= 0.6 is 0 Å². The van der Waals surface area contributed by atoms with Crippen LogP contribution in [0, 0.1) is 16.0 Å². The molecule has 3 aromatic rings. The van der Waals surface area contributed by atoms with E-state index in [-0.39, 0.29) is 29.1 Å². The van der Waals surface area contributed by atoms with Gasteiger partial charge in [0.05, 0.1) is 17.4 Å². The van der Waals surface area contributed by atoms with Crippen molar-refractivity contribution in [1.29, 1.82) is 0 Å². The molecule has 35 heavy (non-hydrogen) atoms. The summed E-state index contributed by atoms with van der Waals surface area (Å²) in [5.74, 6) is -0.0240. The van der Waals surface area contributed by atoms with Crippen molar-refractivity contribution in [2.24, 2.45) is 5.92 Å². The van der Waals surface area contributed by atoms with Crippen molar-refractivity contribution in [1.82, 2.24) is 0 Å². The summed E-state index contributed by atoms with van der Waals surface area (Å²) in [6.45, 7) is 3.12. The Kier molecular flexibility index (Phi) is 7.40. The van der Waals surface area contributed by atoms with E-state index in [1.807, 2.05) is 11.0 Å². The van der Waals surface area contributed by atoms with Gasteiger partial charge in [-0.25, -0.2) is 0 Å². The Hall–Kier alpha value is -4.20. The smallest absolute Gasteiger partial charge is 0.334 e. The number of benzene rings is 3. The molecular weight excluding hydrogens is 448 g/mol. The van der Waals surface area contributed by atoms with E-state index in [1.54, 1.807) is 73.7 Å². The second kappa shape index (κ2) is 10.8. The normalized spacial score (nSPS) is 13.8. The van der Waals surface area contributed by atoms with Gasteiger partial charge in [0.2, 0.25) is 5.75 Å². The first kappa shape index (κ1) is 23.9. The SMILES string of the molecule is CCOC(=O)C1CCN(c2cccc(Oc3ccc(C(=O)c4ccccc4)cc3)c2[N+](=O)[O-])CC1. The second-order valence-corrected chi connectivity index (χ2v) is 8.22. The monoisotopic (exact) mass is 474 g/mol. The molecule has 0 bridgehead atoms. The molecule has 8 nitrogen and oxygen atoms in total. The number of para-hydroxylation sites is 1. The zero-order valence-corrected chi connectivity index (χ0v) is 19.4. The third-order valence-corrected chi connectivity index (χ3v) is 6.00. The van der Waals surface area contributed by atoms with Gasteiger partial charge in [-0.05, 0) is 56.2 Å². The summed E-state index contributed by atoms with van der Waals surface area (Å²) in [6.07, 6.45) is 1.13. The topological polar surface area (TPSA) is 99.0 Å². The number of esters is 1. The Bertz CT molecular complexity index is 1200. The van der Waals surface area contributed by atoms with E-state index in [4.69, 9.17) is 9.47 Å². The molecule has 0 radical (unpaired) electrons. The number of hydrogen-bond donors (Lipinski definition) is 0. The van der Waals surface area contributed by atoms with Crippen LogP contribution in [0.2, 0.25) is 0 Å². The van der Waals surface area contributed by atoms with E-state index in [2.05, 4.69) is 0 Å². The molecule has 0 spiro atoms. The van der Waals surface area contributed by atoms with Gasteiger partial charge < -0.3 is 14.4 Å². The van der Waals surface area contributed by atoms with Gasteiger partial charge in [-0.15, -0.1) is 0 Å². The van der Waals surface area contributed by atoms with E-state index >= 15 is 0 Å². The Morgan fingerprint density at radius 2 is 1.60 bits per heavy atom. The predicted molar refractivity (Wildman–Crippen MR) is 131 cm³/mol. The summed E-state index contributed by atoms with van der Waals surface area (Å²) in [5.41, 5.74) is 1.39. The Morgan fingerprint density at radius 3 is 2.23 bits per heavy atom. The van der Waals surface area contributed by atoms with Crippen LogP contribution < -0.4 is 9.64 Å². The summed E-state index contributed by atoms with van der Waals surface area (Å²) in [7, 11) is 0. The average molecular weight is 475 g/mol. The molecule has 1 saturated heterocycles. The molecule has 1 aliphatic rings. The van der Waals surface area contributed by atoms with Gasteiger partial charge in [0.1, 0.15) is 11.4 Å². The highest BCUT2D eigenvalue weighted by molar-refractivity contribution is 6.09. The number of ketones is 1. The molecule has 1 fully saturated rings. The van der Waals surface area contributed by atoms with Gasteiger partial charge in [-0.1, -0.05) is 36.4 Å². The largest absolute Gasteiger partial charge is 0.466 e. The molecule has 8 heteroatoms. The first-order chi connectivity index (χ1) is 17.0. The summed E-state index contributed by atoms with van der Waals surface area (Å²) in [4.78, 5) is 38.1. The van der Waals surface area contributed by atoms with Gasteiger partial charge in [-0.2, -0.15) is 0 Å². The fourth-order valence-electron chi connectivity index (χ4n) is 4.21. The highest BCUT2D eigenvalue weighted by Crippen LogP contribution is 2.40. The minimum Gasteiger partial charge on any atom is -0.466 e. The Balaban J connectivity index is 1.51. The Labute approximate surface area is 203 Å². The van der Waals surface area contributed by atoms with Crippen molar-refractivity contribution < 1.29 is 24.0 Å². The van der Waals surface area contributed by atoms with Crippen LogP contribution in [-0.2, 0) is 9.53 Å². The van der Waals surface area contributed by atoms with Gasteiger partial charge in [0.15, 0.2) is 5.78 Å².